The first kappa shape index (κ1) is 15.5. The van der Waals surface area contributed by atoms with E-state index in [4.69, 9.17) is 4.98 Å². The Balaban J connectivity index is 2.08. The van der Waals surface area contributed by atoms with E-state index >= 15 is 0 Å². The van der Waals surface area contributed by atoms with Gasteiger partial charge in [0.2, 0.25) is 5.91 Å². The summed E-state index contributed by atoms with van der Waals surface area (Å²) >= 11 is 1.76. The third-order valence-electron chi connectivity index (χ3n) is 3.83. The number of carbonyl (C=O) groups is 1. The molecule has 1 saturated heterocycles. The van der Waals surface area contributed by atoms with E-state index in [0.717, 1.165) is 25.9 Å². The normalized spacial score (nSPS) is 20.5. The van der Waals surface area contributed by atoms with Crippen molar-refractivity contribution in [2.75, 3.05) is 13.1 Å². The maximum Gasteiger partial charge on any atom is 0.227 e. The van der Waals surface area contributed by atoms with E-state index in [1.807, 2.05) is 25.7 Å². The standard InChI is InChI=1S/C16H26N2OS/c1-11(2)13-10-20-14(17-13)12-7-6-8-18(9-12)15(19)16(3,4)5/h10-12H,6-9H2,1-5H3/t12-/m1/s1. The first-order chi connectivity index (χ1) is 9.29. The van der Waals surface area contributed by atoms with Crippen LogP contribution in [-0.4, -0.2) is 28.9 Å². The SMILES string of the molecule is CC(C)c1csc([C@@H]2CCCN(C(=O)C(C)(C)C)C2)n1. The lowest BCUT2D eigenvalue weighted by molar-refractivity contribution is -0.140. The summed E-state index contributed by atoms with van der Waals surface area (Å²) in [6, 6.07) is 0. The van der Waals surface area contributed by atoms with Crippen molar-refractivity contribution < 1.29 is 4.79 Å². The first-order valence-corrected chi connectivity index (χ1v) is 8.41. The van der Waals surface area contributed by atoms with Crippen molar-refractivity contribution in [3.05, 3.63) is 16.1 Å². The molecule has 0 unspecified atom stereocenters. The van der Waals surface area contributed by atoms with Crippen LogP contribution in [0.25, 0.3) is 0 Å². The minimum absolute atomic E-state index is 0.267. The molecule has 112 valence electrons. The molecule has 1 fully saturated rings. The maximum absolute atomic E-state index is 12.4. The van der Waals surface area contributed by atoms with E-state index in [0.29, 0.717) is 11.8 Å². The van der Waals surface area contributed by atoms with Gasteiger partial charge in [-0.25, -0.2) is 4.98 Å². The molecular weight excluding hydrogens is 268 g/mol. The van der Waals surface area contributed by atoms with Crippen LogP contribution in [-0.2, 0) is 4.79 Å². The highest BCUT2D eigenvalue weighted by atomic mass is 32.1. The molecule has 2 heterocycles. The summed E-state index contributed by atoms with van der Waals surface area (Å²) in [7, 11) is 0. The molecule has 1 aliphatic rings. The highest BCUT2D eigenvalue weighted by Gasteiger charge is 2.32. The van der Waals surface area contributed by atoms with E-state index in [-0.39, 0.29) is 11.3 Å². The molecular formula is C16H26N2OS. The van der Waals surface area contributed by atoms with Crippen LogP contribution in [0.15, 0.2) is 5.38 Å². The van der Waals surface area contributed by atoms with Gasteiger partial charge >= 0.3 is 0 Å². The molecule has 1 amide bonds. The number of hydrogen-bond donors (Lipinski definition) is 0. The van der Waals surface area contributed by atoms with Crippen LogP contribution in [0.2, 0.25) is 0 Å². The summed E-state index contributed by atoms with van der Waals surface area (Å²) in [6.07, 6.45) is 2.24. The van der Waals surface area contributed by atoms with Crippen molar-refractivity contribution in [3.8, 4) is 0 Å². The lowest BCUT2D eigenvalue weighted by Crippen LogP contribution is -2.44. The van der Waals surface area contributed by atoms with Gasteiger partial charge in [0.1, 0.15) is 0 Å². The van der Waals surface area contributed by atoms with Gasteiger partial charge < -0.3 is 4.90 Å². The predicted molar refractivity (Wildman–Crippen MR) is 84.2 cm³/mol. The number of amides is 1. The number of hydrogen-bond acceptors (Lipinski definition) is 3. The molecule has 2 rings (SSSR count). The largest absolute Gasteiger partial charge is 0.342 e. The van der Waals surface area contributed by atoms with Gasteiger partial charge in [-0.1, -0.05) is 34.6 Å². The third kappa shape index (κ3) is 3.40. The van der Waals surface area contributed by atoms with Crippen molar-refractivity contribution in [1.29, 1.82) is 0 Å². The summed E-state index contributed by atoms with van der Waals surface area (Å²) in [5.74, 6) is 1.17. The van der Waals surface area contributed by atoms with Crippen LogP contribution in [0.4, 0.5) is 0 Å². The topological polar surface area (TPSA) is 33.2 Å². The smallest absolute Gasteiger partial charge is 0.227 e. The number of thiazole rings is 1. The third-order valence-corrected chi connectivity index (χ3v) is 4.86. The molecule has 0 aliphatic carbocycles. The van der Waals surface area contributed by atoms with Crippen LogP contribution in [0, 0.1) is 5.41 Å². The van der Waals surface area contributed by atoms with Gasteiger partial charge in [-0.3, -0.25) is 4.79 Å². The molecule has 4 heteroatoms. The number of carbonyl (C=O) groups excluding carboxylic acids is 1. The number of nitrogens with zero attached hydrogens (tertiary/aromatic N) is 2. The van der Waals surface area contributed by atoms with Gasteiger partial charge in [-0.05, 0) is 18.8 Å². The van der Waals surface area contributed by atoms with Gasteiger partial charge in [0.15, 0.2) is 0 Å². The van der Waals surface area contributed by atoms with Crippen LogP contribution in [0.1, 0.15) is 70.0 Å². The first-order valence-electron chi connectivity index (χ1n) is 7.53. The summed E-state index contributed by atoms with van der Waals surface area (Å²) in [5.41, 5.74) is 0.901. The Kier molecular flexibility index (Phi) is 4.52. The molecule has 0 N–H and O–H groups in total. The Hall–Kier alpha value is -0.900. The van der Waals surface area contributed by atoms with Crippen molar-refractivity contribution >= 4 is 17.2 Å². The van der Waals surface area contributed by atoms with Gasteiger partial charge in [0, 0.05) is 29.8 Å². The second-order valence-electron chi connectivity index (χ2n) is 7.11. The number of rotatable bonds is 2. The van der Waals surface area contributed by atoms with Crippen molar-refractivity contribution in [2.24, 2.45) is 5.41 Å². The molecule has 1 aliphatic heterocycles. The summed E-state index contributed by atoms with van der Waals surface area (Å²) in [6.45, 7) is 12.1. The molecule has 20 heavy (non-hydrogen) atoms. The molecule has 0 saturated carbocycles. The molecule has 1 atom stereocenters. The second-order valence-corrected chi connectivity index (χ2v) is 8.00. The average molecular weight is 294 g/mol. The van der Waals surface area contributed by atoms with Crippen LogP contribution >= 0.6 is 11.3 Å². The summed E-state index contributed by atoms with van der Waals surface area (Å²) in [5, 5.41) is 3.38. The monoisotopic (exact) mass is 294 g/mol. The van der Waals surface area contributed by atoms with E-state index in [9.17, 15) is 4.79 Å². The Bertz CT molecular complexity index is 473. The summed E-state index contributed by atoms with van der Waals surface area (Å²) < 4.78 is 0. The lowest BCUT2D eigenvalue weighted by atomic mass is 9.91. The van der Waals surface area contributed by atoms with E-state index < -0.39 is 0 Å². The van der Waals surface area contributed by atoms with E-state index in [1.165, 1.54) is 10.7 Å². The van der Waals surface area contributed by atoms with Crippen molar-refractivity contribution in [3.63, 3.8) is 0 Å². The van der Waals surface area contributed by atoms with Gasteiger partial charge in [-0.2, -0.15) is 0 Å². The van der Waals surface area contributed by atoms with Crippen molar-refractivity contribution in [1.82, 2.24) is 9.88 Å². The van der Waals surface area contributed by atoms with Crippen LogP contribution < -0.4 is 0 Å². The minimum atomic E-state index is -0.284. The zero-order chi connectivity index (χ0) is 14.9. The highest BCUT2D eigenvalue weighted by molar-refractivity contribution is 7.09. The molecule has 1 aromatic rings. The molecule has 0 radical (unpaired) electrons. The lowest BCUT2D eigenvalue weighted by Gasteiger charge is -2.35. The Morgan fingerprint density at radius 1 is 1.45 bits per heavy atom. The maximum atomic E-state index is 12.4. The average Bonchev–Trinajstić information content (AvgIpc) is 2.86. The number of piperidine rings is 1. The quantitative estimate of drug-likeness (QED) is 0.825. The Morgan fingerprint density at radius 3 is 2.70 bits per heavy atom. The van der Waals surface area contributed by atoms with E-state index in [2.05, 4.69) is 19.2 Å². The van der Waals surface area contributed by atoms with Crippen molar-refractivity contribution in [2.45, 2.75) is 59.3 Å². The fraction of sp³-hybridized carbons (Fsp3) is 0.750. The zero-order valence-corrected chi connectivity index (χ0v) is 14.1. The fourth-order valence-corrected chi connectivity index (χ4v) is 3.70. The van der Waals surface area contributed by atoms with Gasteiger partial charge in [0.25, 0.3) is 0 Å². The van der Waals surface area contributed by atoms with Crippen LogP contribution in [0.5, 0.6) is 0 Å². The highest BCUT2D eigenvalue weighted by Crippen LogP contribution is 2.32. The van der Waals surface area contributed by atoms with Crippen LogP contribution in [0.3, 0.4) is 0 Å². The minimum Gasteiger partial charge on any atom is -0.342 e. The molecule has 0 bridgehead atoms. The number of aromatic nitrogens is 1. The molecule has 3 nitrogen and oxygen atoms in total. The Morgan fingerprint density at radius 2 is 2.15 bits per heavy atom. The zero-order valence-electron chi connectivity index (χ0n) is 13.3. The van der Waals surface area contributed by atoms with Gasteiger partial charge in [0.05, 0.1) is 10.7 Å². The molecule has 0 aromatic carbocycles. The second kappa shape index (κ2) is 5.84. The Labute approximate surface area is 126 Å². The predicted octanol–water partition coefficient (Wildman–Crippen LogP) is 4.02. The molecule has 1 aromatic heterocycles. The van der Waals surface area contributed by atoms with Gasteiger partial charge in [-0.15, -0.1) is 11.3 Å². The fourth-order valence-electron chi connectivity index (χ4n) is 2.59. The van der Waals surface area contributed by atoms with E-state index in [1.54, 1.807) is 11.3 Å². The molecule has 0 spiro atoms. The summed E-state index contributed by atoms with van der Waals surface area (Å²) in [4.78, 5) is 19.2. The number of likely N-dealkylation sites (tertiary alicyclic amines) is 1.